The number of urea groups is 1. The Labute approximate surface area is 130 Å². The predicted octanol–water partition coefficient (Wildman–Crippen LogP) is 2.34. The van der Waals surface area contributed by atoms with Crippen molar-refractivity contribution in [3.8, 4) is 0 Å². The maximum absolute atomic E-state index is 11.8. The first-order chi connectivity index (χ1) is 9.97. The molecule has 1 rings (SSSR count). The van der Waals surface area contributed by atoms with Crippen molar-refractivity contribution in [2.24, 2.45) is 5.92 Å². The van der Waals surface area contributed by atoms with E-state index < -0.39 is 0 Å². The van der Waals surface area contributed by atoms with E-state index in [4.69, 9.17) is 21.4 Å². The van der Waals surface area contributed by atoms with Crippen molar-refractivity contribution in [1.29, 1.82) is 0 Å². The van der Waals surface area contributed by atoms with Crippen molar-refractivity contribution in [3.63, 3.8) is 0 Å². The lowest BCUT2D eigenvalue weighted by Crippen LogP contribution is -2.45. The number of aliphatic hydroxyl groups excluding tert-OH is 1. The maximum atomic E-state index is 11.8. The van der Waals surface area contributed by atoms with Gasteiger partial charge in [0, 0.05) is 31.3 Å². The zero-order valence-electron chi connectivity index (χ0n) is 12.6. The van der Waals surface area contributed by atoms with Crippen molar-refractivity contribution < 1.29 is 14.6 Å². The zero-order chi connectivity index (χ0) is 15.8. The van der Waals surface area contributed by atoms with Crippen LogP contribution in [-0.2, 0) is 4.74 Å². The van der Waals surface area contributed by atoms with Crippen LogP contribution in [0.1, 0.15) is 25.5 Å². The molecule has 0 bridgehead atoms. The first-order valence-electron chi connectivity index (χ1n) is 6.91. The summed E-state index contributed by atoms with van der Waals surface area (Å²) < 4.78 is 5.37. The van der Waals surface area contributed by atoms with Crippen molar-refractivity contribution in [1.82, 2.24) is 10.6 Å². The van der Waals surface area contributed by atoms with Crippen LogP contribution >= 0.6 is 11.6 Å². The molecule has 0 aromatic heterocycles. The number of amides is 2. The van der Waals surface area contributed by atoms with E-state index in [2.05, 4.69) is 10.6 Å². The summed E-state index contributed by atoms with van der Waals surface area (Å²) in [6.07, 6.45) is -0.264. The molecule has 0 saturated carbocycles. The Morgan fingerprint density at radius 3 is 2.71 bits per heavy atom. The second kappa shape index (κ2) is 8.87. The average Bonchev–Trinajstić information content (AvgIpc) is 2.47. The number of hydrogen-bond donors (Lipinski definition) is 3. The molecule has 0 aliphatic heterocycles. The quantitative estimate of drug-likeness (QED) is 0.723. The number of aliphatic hydroxyl groups is 1. The van der Waals surface area contributed by atoms with Gasteiger partial charge in [0.1, 0.15) is 0 Å². The average molecular weight is 315 g/mol. The van der Waals surface area contributed by atoms with Gasteiger partial charge in [-0.25, -0.2) is 4.79 Å². The summed E-state index contributed by atoms with van der Waals surface area (Å²) in [7, 11) is 1.58. The Bertz CT molecular complexity index is 456. The first-order valence-corrected chi connectivity index (χ1v) is 7.29. The molecular weight excluding hydrogens is 292 g/mol. The second-order valence-corrected chi connectivity index (χ2v) is 5.52. The van der Waals surface area contributed by atoms with Crippen molar-refractivity contribution in [2.45, 2.75) is 26.0 Å². The molecule has 2 amide bonds. The molecule has 1 aromatic rings. The molecule has 21 heavy (non-hydrogen) atoms. The molecule has 0 fully saturated rings. The fourth-order valence-electron chi connectivity index (χ4n) is 1.79. The number of hydrogen-bond acceptors (Lipinski definition) is 3. The molecule has 0 saturated heterocycles. The third kappa shape index (κ3) is 5.91. The van der Waals surface area contributed by atoms with Crippen LogP contribution in [0.4, 0.5) is 4.79 Å². The highest BCUT2D eigenvalue weighted by Crippen LogP contribution is 2.19. The lowest BCUT2D eigenvalue weighted by molar-refractivity contribution is 0.103. The van der Waals surface area contributed by atoms with Gasteiger partial charge in [0.05, 0.1) is 6.10 Å². The molecule has 3 N–H and O–H groups in total. The van der Waals surface area contributed by atoms with E-state index in [-0.39, 0.29) is 30.7 Å². The van der Waals surface area contributed by atoms with Gasteiger partial charge in [0.15, 0.2) is 0 Å². The third-order valence-corrected chi connectivity index (χ3v) is 3.69. The van der Waals surface area contributed by atoms with Crippen molar-refractivity contribution in [3.05, 3.63) is 34.9 Å². The highest BCUT2D eigenvalue weighted by molar-refractivity contribution is 6.30. The van der Waals surface area contributed by atoms with Gasteiger partial charge in [-0.1, -0.05) is 30.7 Å². The number of benzene rings is 1. The minimum Gasteiger partial charge on any atom is -0.396 e. The van der Waals surface area contributed by atoms with Crippen LogP contribution in [0.5, 0.6) is 0 Å². The van der Waals surface area contributed by atoms with Crippen molar-refractivity contribution in [2.75, 3.05) is 20.3 Å². The van der Waals surface area contributed by atoms with Gasteiger partial charge < -0.3 is 20.5 Å². The molecule has 3 atom stereocenters. The summed E-state index contributed by atoms with van der Waals surface area (Å²) in [4.78, 5) is 11.8. The summed E-state index contributed by atoms with van der Waals surface area (Å²) >= 11 is 5.95. The van der Waals surface area contributed by atoms with E-state index in [1.165, 1.54) is 0 Å². The van der Waals surface area contributed by atoms with Gasteiger partial charge in [-0.3, -0.25) is 0 Å². The highest BCUT2D eigenvalue weighted by atomic mass is 35.5. The second-order valence-electron chi connectivity index (χ2n) is 5.08. The summed E-state index contributed by atoms with van der Waals surface area (Å²) in [6, 6.07) is 6.95. The Kier molecular flexibility index (Phi) is 7.50. The molecule has 1 aromatic carbocycles. The number of ether oxygens (including phenoxy) is 1. The first kappa shape index (κ1) is 17.8. The SMILES string of the molecule is COC(CNC(=O)NC(C)C(C)CO)c1cccc(Cl)c1. The number of rotatable bonds is 7. The monoisotopic (exact) mass is 314 g/mol. The Morgan fingerprint density at radius 1 is 1.43 bits per heavy atom. The number of methoxy groups -OCH3 is 1. The molecule has 118 valence electrons. The lowest BCUT2D eigenvalue weighted by atomic mass is 10.1. The van der Waals surface area contributed by atoms with E-state index in [0.29, 0.717) is 11.6 Å². The van der Waals surface area contributed by atoms with Crippen LogP contribution < -0.4 is 10.6 Å². The van der Waals surface area contributed by atoms with Crippen LogP contribution in [0, 0.1) is 5.92 Å². The number of carbonyl (C=O) groups excluding carboxylic acids is 1. The van der Waals surface area contributed by atoms with E-state index in [9.17, 15) is 4.79 Å². The zero-order valence-corrected chi connectivity index (χ0v) is 13.4. The fraction of sp³-hybridized carbons (Fsp3) is 0.533. The maximum Gasteiger partial charge on any atom is 0.315 e. The van der Waals surface area contributed by atoms with Crippen LogP contribution in [0.3, 0.4) is 0 Å². The van der Waals surface area contributed by atoms with Gasteiger partial charge in [0.25, 0.3) is 0 Å². The molecule has 3 unspecified atom stereocenters. The van der Waals surface area contributed by atoms with Gasteiger partial charge in [-0.2, -0.15) is 0 Å². The summed E-state index contributed by atoms with van der Waals surface area (Å²) in [5.41, 5.74) is 0.905. The fourth-order valence-corrected chi connectivity index (χ4v) is 1.99. The van der Waals surface area contributed by atoms with E-state index in [0.717, 1.165) is 5.56 Å². The molecular formula is C15H23ClN2O3. The standard InChI is InChI=1S/C15H23ClN2O3/c1-10(9-19)11(2)18-15(20)17-8-14(21-3)12-5-4-6-13(16)7-12/h4-7,10-11,14,19H,8-9H2,1-3H3,(H2,17,18,20). The number of nitrogens with one attached hydrogen (secondary N) is 2. The van der Waals surface area contributed by atoms with Crippen LogP contribution in [0.2, 0.25) is 5.02 Å². The molecule has 6 heteroatoms. The van der Waals surface area contributed by atoms with E-state index in [1.807, 2.05) is 32.0 Å². The highest BCUT2D eigenvalue weighted by Gasteiger charge is 2.16. The molecule has 0 heterocycles. The number of carbonyl (C=O) groups is 1. The van der Waals surface area contributed by atoms with Gasteiger partial charge >= 0.3 is 6.03 Å². The minimum atomic E-state index is -0.285. The van der Waals surface area contributed by atoms with E-state index >= 15 is 0 Å². The van der Waals surface area contributed by atoms with Gasteiger partial charge in [0.2, 0.25) is 0 Å². The Hall–Kier alpha value is -1.30. The minimum absolute atomic E-state index is 0.00176. The van der Waals surface area contributed by atoms with E-state index in [1.54, 1.807) is 13.2 Å². The van der Waals surface area contributed by atoms with Gasteiger partial charge in [-0.15, -0.1) is 0 Å². The molecule has 0 spiro atoms. The molecule has 5 nitrogen and oxygen atoms in total. The molecule has 0 aliphatic rings. The summed E-state index contributed by atoms with van der Waals surface area (Å²) in [5.74, 6) is 0.00176. The third-order valence-electron chi connectivity index (χ3n) is 3.45. The lowest BCUT2D eigenvalue weighted by Gasteiger charge is -2.21. The molecule has 0 radical (unpaired) electrons. The predicted molar refractivity (Wildman–Crippen MR) is 83.4 cm³/mol. The number of halogens is 1. The normalized spacial score (nSPS) is 15.1. The van der Waals surface area contributed by atoms with Crippen molar-refractivity contribution >= 4 is 17.6 Å². The summed E-state index contributed by atoms with van der Waals surface area (Å²) in [5, 5.41) is 15.2. The van der Waals surface area contributed by atoms with Crippen LogP contribution in [0.25, 0.3) is 0 Å². The Morgan fingerprint density at radius 2 is 2.14 bits per heavy atom. The smallest absolute Gasteiger partial charge is 0.315 e. The Balaban J connectivity index is 2.50. The van der Waals surface area contributed by atoms with Crippen LogP contribution in [-0.4, -0.2) is 37.4 Å². The summed E-state index contributed by atoms with van der Waals surface area (Å²) in [6.45, 7) is 4.09. The van der Waals surface area contributed by atoms with Gasteiger partial charge in [-0.05, 0) is 30.5 Å². The van der Waals surface area contributed by atoms with Crippen LogP contribution in [0.15, 0.2) is 24.3 Å². The largest absolute Gasteiger partial charge is 0.396 e. The topological polar surface area (TPSA) is 70.6 Å². The molecule has 0 aliphatic carbocycles.